The fraction of sp³-hybridized carbons (Fsp3) is 0.148. The van der Waals surface area contributed by atoms with E-state index in [0.29, 0.717) is 11.1 Å². The summed E-state index contributed by atoms with van der Waals surface area (Å²) in [5.74, 6) is 1.40. The van der Waals surface area contributed by atoms with Gasteiger partial charge in [0, 0.05) is 34.4 Å². The Bertz CT molecular complexity index is 1380. The minimum Gasteiger partial charge on any atom is -0.438 e. The molecule has 0 aliphatic carbocycles. The maximum absolute atomic E-state index is 12.8. The van der Waals surface area contributed by atoms with Gasteiger partial charge in [-0.05, 0) is 55.5 Å². The maximum Gasteiger partial charge on any atom is 0.573 e. The number of aryl methyl sites for hydroxylation is 1. The van der Waals surface area contributed by atoms with E-state index in [1.807, 2.05) is 24.3 Å². The van der Waals surface area contributed by atoms with E-state index in [0.717, 1.165) is 17.0 Å². The summed E-state index contributed by atoms with van der Waals surface area (Å²) < 4.78 is 47.9. The van der Waals surface area contributed by atoms with Crippen molar-refractivity contribution in [1.82, 2.24) is 0 Å². The molecular formula is C27H20F3O3S+. The number of benzene rings is 3. The number of esters is 1. The molecule has 34 heavy (non-hydrogen) atoms. The number of hydrogen-bond donors (Lipinski definition) is 0. The molecule has 0 aliphatic heterocycles. The smallest absolute Gasteiger partial charge is 0.438 e. The second-order valence-electron chi connectivity index (χ2n) is 7.76. The lowest BCUT2D eigenvalue weighted by Gasteiger charge is -2.24. The highest BCUT2D eigenvalue weighted by Crippen LogP contribution is 2.43. The molecule has 1 heterocycles. The molecule has 0 N–H and O–H groups in total. The van der Waals surface area contributed by atoms with Crippen molar-refractivity contribution in [1.29, 1.82) is 0 Å². The molecule has 3 nitrogen and oxygen atoms in total. The number of fused-ring (bicyclic) bond motifs is 1. The third-order valence-electron chi connectivity index (χ3n) is 5.36. The third-order valence-corrected chi connectivity index (χ3v) is 7.67. The van der Waals surface area contributed by atoms with Crippen molar-refractivity contribution in [3.63, 3.8) is 0 Å². The molecule has 0 fully saturated rings. The normalized spacial score (nSPS) is 13.7. The maximum atomic E-state index is 12.8. The zero-order valence-corrected chi connectivity index (χ0v) is 19.2. The van der Waals surface area contributed by atoms with E-state index in [1.165, 1.54) is 34.0 Å². The second kappa shape index (κ2) is 8.88. The van der Waals surface area contributed by atoms with Crippen LogP contribution in [0.3, 0.4) is 0 Å². The van der Waals surface area contributed by atoms with E-state index in [4.69, 9.17) is 11.2 Å². The number of carbonyl (C=O) groups excluding carboxylic acids is 1. The Kier molecular flexibility index (Phi) is 6.11. The Morgan fingerprint density at radius 1 is 0.971 bits per heavy atom. The van der Waals surface area contributed by atoms with Crippen molar-refractivity contribution < 1.29 is 27.4 Å². The van der Waals surface area contributed by atoms with Gasteiger partial charge in [0.2, 0.25) is 0 Å². The molecule has 0 aliphatic rings. The monoisotopic (exact) mass is 481 g/mol. The lowest BCUT2D eigenvalue weighted by molar-refractivity contribution is -0.274. The summed E-state index contributed by atoms with van der Waals surface area (Å²) in [6.45, 7) is 3.60. The zero-order chi connectivity index (χ0) is 24.5. The lowest BCUT2D eigenvalue weighted by atomic mass is 9.96. The Morgan fingerprint density at radius 2 is 1.62 bits per heavy atom. The van der Waals surface area contributed by atoms with Gasteiger partial charge in [0.25, 0.3) is 0 Å². The summed E-state index contributed by atoms with van der Waals surface area (Å²) in [5, 5.41) is 1.20. The fourth-order valence-corrected chi connectivity index (χ4v) is 5.87. The largest absolute Gasteiger partial charge is 0.573 e. The number of terminal acetylenes is 1. The molecule has 172 valence electrons. The van der Waals surface area contributed by atoms with Crippen molar-refractivity contribution in [3.05, 3.63) is 94.9 Å². The molecule has 4 rings (SSSR count). The highest BCUT2D eigenvalue weighted by molar-refractivity contribution is 7.45. The summed E-state index contributed by atoms with van der Waals surface area (Å²) in [6, 6.07) is 22.5. The van der Waals surface area contributed by atoms with Gasteiger partial charge in [0.1, 0.15) is 5.75 Å². The van der Waals surface area contributed by atoms with Crippen LogP contribution in [0.15, 0.2) is 78.9 Å². The van der Waals surface area contributed by atoms with Gasteiger partial charge in [-0.15, -0.1) is 19.6 Å². The Balaban J connectivity index is 1.54. The summed E-state index contributed by atoms with van der Waals surface area (Å²) in [6.07, 6.45) is 0.828. The van der Waals surface area contributed by atoms with Crippen LogP contribution in [0.2, 0.25) is 0 Å². The van der Waals surface area contributed by atoms with Crippen molar-refractivity contribution in [2.75, 3.05) is 0 Å². The van der Waals surface area contributed by atoms with Gasteiger partial charge < -0.3 is 9.47 Å². The van der Waals surface area contributed by atoms with Gasteiger partial charge in [-0.2, -0.15) is 0 Å². The van der Waals surface area contributed by atoms with E-state index in [-0.39, 0.29) is 10.5 Å². The SMILES string of the molecule is C#CC(C)(OC(=O)c1ccc(-[s+]2c(C)cc3ccccc32)cc1)c1ccc(OC(F)(F)F)cc1. The number of alkyl halides is 3. The number of hydrogen-bond acceptors (Lipinski definition) is 3. The standard InChI is InChI=1S/C27H20F3O3S/c1-4-26(3,21-11-13-22(14-12-21)32-27(28,29)30)33-25(31)19-9-15-23(16-10-19)34-18(2)17-20-7-5-6-8-24(20)34/h1,5-17H,2-3H3/q+1. The summed E-state index contributed by atoms with van der Waals surface area (Å²) in [4.78, 5) is 15.2. The summed E-state index contributed by atoms with van der Waals surface area (Å²) in [5.41, 5.74) is -0.808. The van der Waals surface area contributed by atoms with Crippen LogP contribution in [0.5, 0.6) is 5.75 Å². The first kappa shape index (κ1) is 23.4. The van der Waals surface area contributed by atoms with E-state index in [1.54, 1.807) is 12.1 Å². The number of halogens is 3. The van der Waals surface area contributed by atoms with Crippen LogP contribution in [0.1, 0.15) is 27.7 Å². The van der Waals surface area contributed by atoms with E-state index in [2.05, 4.69) is 35.8 Å². The Hall–Kier alpha value is -3.76. The van der Waals surface area contributed by atoms with Gasteiger partial charge in [0.05, 0.1) is 5.56 Å². The van der Waals surface area contributed by atoms with Gasteiger partial charge in [-0.1, -0.05) is 30.2 Å². The lowest BCUT2D eigenvalue weighted by Crippen LogP contribution is -2.27. The topological polar surface area (TPSA) is 35.5 Å². The first-order valence-electron chi connectivity index (χ1n) is 10.3. The highest BCUT2D eigenvalue weighted by Gasteiger charge is 2.33. The molecule has 2 unspecified atom stereocenters. The molecule has 0 radical (unpaired) electrons. The predicted molar refractivity (Wildman–Crippen MR) is 127 cm³/mol. The molecule has 4 aromatic rings. The summed E-state index contributed by atoms with van der Waals surface area (Å²) >= 11 is 0. The van der Waals surface area contributed by atoms with E-state index < -0.39 is 23.7 Å². The van der Waals surface area contributed by atoms with Crippen LogP contribution in [-0.4, -0.2) is 12.3 Å². The molecule has 7 heteroatoms. The van der Waals surface area contributed by atoms with Crippen LogP contribution in [0.4, 0.5) is 13.2 Å². The van der Waals surface area contributed by atoms with Gasteiger partial charge in [-0.25, -0.2) is 4.79 Å². The number of thiophene rings is 1. The highest BCUT2D eigenvalue weighted by atomic mass is 32.2. The zero-order valence-electron chi connectivity index (χ0n) is 18.3. The number of ether oxygens (including phenoxy) is 2. The van der Waals surface area contributed by atoms with E-state index in [9.17, 15) is 18.0 Å². The Morgan fingerprint density at radius 3 is 2.24 bits per heavy atom. The van der Waals surface area contributed by atoms with Gasteiger partial charge >= 0.3 is 12.3 Å². The van der Waals surface area contributed by atoms with Crippen LogP contribution >= 0.6 is 10.5 Å². The average Bonchev–Trinajstić information content (AvgIpc) is 3.14. The minimum atomic E-state index is -4.80. The molecule has 0 spiro atoms. The van der Waals surface area contributed by atoms with Gasteiger partial charge in [0.15, 0.2) is 20.1 Å². The van der Waals surface area contributed by atoms with Crippen molar-refractivity contribution >= 4 is 26.5 Å². The van der Waals surface area contributed by atoms with Crippen molar-refractivity contribution in [2.24, 2.45) is 0 Å². The van der Waals surface area contributed by atoms with Crippen molar-refractivity contribution in [3.8, 4) is 23.0 Å². The van der Waals surface area contributed by atoms with Crippen LogP contribution in [0.25, 0.3) is 15.0 Å². The molecule has 0 saturated carbocycles. The summed E-state index contributed by atoms with van der Waals surface area (Å²) in [7, 11) is -0.207. The second-order valence-corrected chi connectivity index (χ2v) is 9.93. The number of carbonyl (C=O) groups is 1. The van der Waals surface area contributed by atoms with Crippen LogP contribution in [-0.2, 0) is 10.3 Å². The molecular weight excluding hydrogens is 461 g/mol. The van der Waals surface area contributed by atoms with Crippen LogP contribution < -0.4 is 4.74 Å². The third kappa shape index (κ3) is 4.78. The first-order chi connectivity index (χ1) is 16.1. The molecule has 0 bridgehead atoms. The molecule has 3 aromatic carbocycles. The molecule has 0 saturated heterocycles. The van der Waals surface area contributed by atoms with Crippen LogP contribution in [0, 0.1) is 19.3 Å². The van der Waals surface area contributed by atoms with Crippen molar-refractivity contribution in [2.45, 2.75) is 25.8 Å². The average molecular weight is 482 g/mol. The van der Waals surface area contributed by atoms with E-state index >= 15 is 0 Å². The minimum absolute atomic E-state index is 0.207. The molecule has 2 atom stereocenters. The molecule has 1 aromatic heterocycles. The first-order valence-corrected chi connectivity index (χ1v) is 11.5. The predicted octanol–water partition coefficient (Wildman–Crippen LogP) is 7.49. The fourth-order valence-electron chi connectivity index (χ4n) is 3.67. The molecule has 0 amide bonds. The number of rotatable bonds is 5. The Labute approximate surface area is 197 Å². The van der Waals surface area contributed by atoms with Gasteiger partial charge in [-0.3, -0.25) is 0 Å². The quantitative estimate of drug-likeness (QED) is 0.168.